The van der Waals surface area contributed by atoms with Crippen LogP contribution in [0.25, 0.3) is 39.2 Å². The highest BCUT2D eigenvalue weighted by Crippen LogP contribution is 2.44. The molecule has 220 valence electrons. The number of H-pyrrole nitrogens is 1. The summed E-state index contributed by atoms with van der Waals surface area (Å²) < 4.78 is 18.1. The molecule has 43 heavy (non-hydrogen) atoms. The minimum absolute atomic E-state index is 0.126. The molecule has 1 aliphatic heterocycles. The number of β-amino-alcohol motifs (C(OH)–C–C–N with tert-alkyl or cyclic N) is 1. The predicted molar refractivity (Wildman–Crippen MR) is 164 cm³/mol. The lowest BCUT2D eigenvalue weighted by molar-refractivity contribution is 0.0663. The largest absolute Gasteiger partial charge is 0.392 e. The third-order valence-electron chi connectivity index (χ3n) is 9.21. The van der Waals surface area contributed by atoms with Gasteiger partial charge in [0.05, 0.1) is 6.10 Å². The quantitative estimate of drug-likeness (QED) is 0.261. The van der Waals surface area contributed by atoms with Crippen LogP contribution in [0.15, 0.2) is 59.8 Å². The Kier molecular flexibility index (Phi) is 6.34. The molecule has 8 rings (SSSR count). The van der Waals surface area contributed by atoms with Gasteiger partial charge in [0, 0.05) is 67.0 Å². The standard InChI is InChI=1S/C34H35FN6O2/c1-39-12-10-36-33(39)28-15-23(35)8-9-26(28)22-13-30(21-6-7-21)38-31(14-22)41-19-29(20-4-5-20)27-16-24(37-32(27)34(41)43)17-40-11-2-3-25(42)18-40/h8-10,12-16,19-21,25,37,42H,2-7,11,17-18H2,1H3/t25-/m0/s1. The summed E-state index contributed by atoms with van der Waals surface area (Å²) in [4.78, 5) is 29.4. The Morgan fingerprint density at radius 1 is 1.05 bits per heavy atom. The van der Waals surface area contributed by atoms with Gasteiger partial charge in [-0.15, -0.1) is 0 Å². The number of pyridine rings is 2. The monoisotopic (exact) mass is 578 g/mol. The highest BCUT2D eigenvalue weighted by atomic mass is 19.1. The number of nitrogens with one attached hydrogen (secondary N) is 1. The van der Waals surface area contributed by atoms with E-state index in [0.29, 0.717) is 47.6 Å². The van der Waals surface area contributed by atoms with Gasteiger partial charge in [-0.05, 0) is 98.0 Å². The van der Waals surface area contributed by atoms with Gasteiger partial charge in [-0.25, -0.2) is 14.4 Å². The van der Waals surface area contributed by atoms with E-state index in [4.69, 9.17) is 4.98 Å². The SMILES string of the molecule is Cn1ccnc1-c1cc(F)ccc1-c1cc(C2CC2)nc(-n2cc(C3CC3)c3cc(CN4CCC[C@H](O)C4)[nH]c3c2=O)c1. The van der Waals surface area contributed by atoms with Gasteiger partial charge in [0.15, 0.2) is 0 Å². The minimum Gasteiger partial charge on any atom is -0.392 e. The van der Waals surface area contributed by atoms with E-state index in [-0.39, 0.29) is 17.5 Å². The molecule has 5 heterocycles. The molecule has 4 aromatic heterocycles. The summed E-state index contributed by atoms with van der Waals surface area (Å²) in [6.07, 6.45) is 11.4. The van der Waals surface area contributed by atoms with Crippen molar-refractivity contribution in [1.82, 2.24) is 29.0 Å². The molecule has 1 saturated heterocycles. The molecule has 1 aromatic carbocycles. The van der Waals surface area contributed by atoms with E-state index < -0.39 is 0 Å². The van der Waals surface area contributed by atoms with Crippen LogP contribution in [0.2, 0.25) is 0 Å². The molecular weight excluding hydrogens is 543 g/mol. The molecule has 3 aliphatic rings. The van der Waals surface area contributed by atoms with Gasteiger partial charge in [-0.2, -0.15) is 0 Å². The van der Waals surface area contributed by atoms with E-state index in [1.807, 2.05) is 30.1 Å². The molecule has 2 N–H and O–H groups in total. The summed E-state index contributed by atoms with van der Waals surface area (Å²) in [6, 6.07) is 11.0. The first kappa shape index (κ1) is 26.5. The molecule has 8 nitrogen and oxygen atoms in total. The van der Waals surface area contributed by atoms with Crippen LogP contribution in [0.1, 0.15) is 67.3 Å². The summed E-state index contributed by atoms with van der Waals surface area (Å²) >= 11 is 0. The molecular formula is C34H35FN6O2. The fraction of sp³-hybridized carbons (Fsp3) is 0.382. The Labute approximate surface area is 248 Å². The first-order valence-electron chi connectivity index (χ1n) is 15.4. The van der Waals surface area contributed by atoms with Gasteiger partial charge in [0.25, 0.3) is 5.56 Å². The molecule has 2 aliphatic carbocycles. The van der Waals surface area contributed by atoms with Crippen molar-refractivity contribution in [2.24, 2.45) is 7.05 Å². The van der Waals surface area contributed by atoms with Crippen molar-refractivity contribution in [2.75, 3.05) is 13.1 Å². The second-order valence-corrected chi connectivity index (χ2v) is 12.6. The lowest BCUT2D eigenvalue weighted by Gasteiger charge is -2.29. The van der Waals surface area contributed by atoms with E-state index in [9.17, 15) is 14.3 Å². The predicted octanol–water partition coefficient (Wildman–Crippen LogP) is 5.63. The van der Waals surface area contributed by atoms with Crippen molar-refractivity contribution in [3.8, 4) is 28.3 Å². The minimum atomic E-state index is -0.323. The molecule has 3 fully saturated rings. The molecule has 1 atom stereocenters. The number of piperidine rings is 1. The van der Waals surface area contributed by atoms with Crippen molar-refractivity contribution >= 4 is 10.9 Å². The average molecular weight is 579 g/mol. The summed E-state index contributed by atoms with van der Waals surface area (Å²) in [6.45, 7) is 2.27. The molecule has 0 bridgehead atoms. The summed E-state index contributed by atoms with van der Waals surface area (Å²) in [5, 5.41) is 11.2. The molecule has 0 spiro atoms. The summed E-state index contributed by atoms with van der Waals surface area (Å²) in [5.41, 5.74) is 6.04. The van der Waals surface area contributed by atoms with Gasteiger partial charge in [0.1, 0.15) is 23.0 Å². The van der Waals surface area contributed by atoms with Crippen LogP contribution < -0.4 is 5.56 Å². The fourth-order valence-electron chi connectivity index (χ4n) is 6.67. The highest BCUT2D eigenvalue weighted by Gasteiger charge is 2.30. The summed E-state index contributed by atoms with van der Waals surface area (Å²) in [5.74, 6) is 1.72. The first-order valence-corrected chi connectivity index (χ1v) is 15.4. The van der Waals surface area contributed by atoms with Gasteiger partial charge < -0.3 is 14.7 Å². The Hall–Kier alpha value is -4.08. The van der Waals surface area contributed by atoms with E-state index in [1.54, 1.807) is 16.8 Å². The maximum Gasteiger partial charge on any atom is 0.280 e. The molecule has 2 saturated carbocycles. The van der Waals surface area contributed by atoms with Crippen LogP contribution in [0.4, 0.5) is 4.39 Å². The number of fused-ring (bicyclic) bond motifs is 1. The fourth-order valence-corrected chi connectivity index (χ4v) is 6.67. The van der Waals surface area contributed by atoms with E-state index in [0.717, 1.165) is 73.0 Å². The molecule has 0 unspecified atom stereocenters. The molecule has 5 aromatic rings. The third-order valence-corrected chi connectivity index (χ3v) is 9.21. The van der Waals surface area contributed by atoms with Crippen molar-refractivity contribution in [3.63, 3.8) is 0 Å². The normalized spacial score (nSPS) is 19.4. The number of halogens is 1. The van der Waals surface area contributed by atoms with Crippen LogP contribution in [-0.2, 0) is 13.6 Å². The number of nitrogens with zero attached hydrogens (tertiary/aromatic N) is 5. The number of aliphatic hydroxyl groups is 1. The van der Waals surface area contributed by atoms with Crippen LogP contribution >= 0.6 is 0 Å². The average Bonchev–Trinajstić information content (AvgIpc) is 3.93. The van der Waals surface area contributed by atoms with E-state index in [1.165, 1.54) is 17.7 Å². The molecule has 0 radical (unpaired) electrons. The number of imidazole rings is 1. The van der Waals surface area contributed by atoms with E-state index in [2.05, 4.69) is 27.0 Å². The lowest BCUT2D eigenvalue weighted by atomic mass is 9.98. The number of aromatic nitrogens is 5. The second kappa shape index (κ2) is 10.3. The second-order valence-electron chi connectivity index (χ2n) is 12.6. The lowest BCUT2D eigenvalue weighted by Crippen LogP contribution is -2.37. The number of aromatic amines is 1. The number of likely N-dealkylation sites (tertiary alicyclic amines) is 1. The maximum absolute atomic E-state index is 14.5. The molecule has 9 heteroatoms. The van der Waals surface area contributed by atoms with Gasteiger partial charge in [-0.1, -0.05) is 6.07 Å². The van der Waals surface area contributed by atoms with Gasteiger partial charge >= 0.3 is 0 Å². The Bertz CT molecular complexity index is 1910. The van der Waals surface area contributed by atoms with Crippen LogP contribution in [0.3, 0.4) is 0 Å². The molecule has 0 amide bonds. The Morgan fingerprint density at radius 3 is 2.63 bits per heavy atom. The van der Waals surface area contributed by atoms with Gasteiger partial charge in [0.2, 0.25) is 0 Å². The highest BCUT2D eigenvalue weighted by molar-refractivity contribution is 5.85. The maximum atomic E-state index is 14.5. The van der Waals surface area contributed by atoms with Crippen molar-refractivity contribution in [3.05, 3.63) is 88.1 Å². The van der Waals surface area contributed by atoms with Crippen LogP contribution in [0.5, 0.6) is 0 Å². The van der Waals surface area contributed by atoms with Crippen LogP contribution in [0, 0.1) is 5.82 Å². The summed E-state index contributed by atoms with van der Waals surface area (Å²) in [7, 11) is 1.90. The smallest absolute Gasteiger partial charge is 0.280 e. The van der Waals surface area contributed by atoms with Crippen molar-refractivity contribution < 1.29 is 9.50 Å². The first-order chi connectivity index (χ1) is 20.9. The number of benzene rings is 1. The third kappa shape index (κ3) is 5.00. The van der Waals surface area contributed by atoms with Crippen molar-refractivity contribution in [1.29, 1.82) is 0 Å². The number of rotatable bonds is 7. The number of hydrogen-bond donors (Lipinski definition) is 2. The van der Waals surface area contributed by atoms with Crippen LogP contribution in [-0.4, -0.2) is 53.3 Å². The Morgan fingerprint density at radius 2 is 1.88 bits per heavy atom. The zero-order valence-corrected chi connectivity index (χ0v) is 24.3. The zero-order chi connectivity index (χ0) is 29.2. The number of hydrogen-bond acceptors (Lipinski definition) is 5. The van der Waals surface area contributed by atoms with Crippen molar-refractivity contribution in [2.45, 2.75) is 63.0 Å². The zero-order valence-electron chi connectivity index (χ0n) is 24.3. The number of aryl methyl sites for hydroxylation is 1. The van der Waals surface area contributed by atoms with E-state index >= 15 is 0 Å². The topological polar surface area (TPSA) is 92.0 Å². The Balaban J connectivity index is 1.27. The number of aliphatic hydroxyl groups excluding tert-OH is 1. The van der Waals surface area contributed by atoms with Gasteiger partial charge in [-0.3, -0.25) is 14.3 Å².